The van der Waals surface area contributed by atoms with Crippen LogP contribution in [0.3, 0.4) is 0 Å². The van der Waals surface area contributed by atoms with Crippen molar-refractivity contribution in [2.45, 2.75) is 83.6 Å². The van der Waals surface area contributed by atoms with Crippen LogP contribution >= 0.6 is 0 Å². The van der Waals surface area contributed by atoms with Crippen LogP contribution in [0.2, 0.25) is 0 Å². The Morgan fingerprint density at radius 1 is 1.11 bits per heavy atom. The van der Waals surface area contributed by atoms with Crippen LogP contribution in [0.5, 0.6) is 0 Å². The average Bonchev–Trinajstić information content (AvgIpc) is 3.49. The molecule has 36 heavy (non-hydrogen) atoms. The van der Waals surface area contributed by atoms with Crippen LogP contribution in [-0.2, 0) is 30.4 Å². The number of H-pyrrole nitrogens is 1. The fraction of sp³-hybridized carbons (Fsp3) is 0.652. The molecule has 1 aliphatic rings. The van der Waals surface area contributed by atoms with Gasteiger partial charge in [-0.2, -0.15) is 0 Å². The second-order valence-corrected chi connectivity index (χ2v) is 9.58. The predicted octanol–water partition coefficient (Wildman–Crippen LogP) is -1.10. The normalized spacial score (nSPS) is 18.7. The van der Waals surface area contributed by atoms with Crippen molar-refractivity contribution in [1.82, 2.24) is 30.8 Å². The van der Waals surface area contributed by atoms with Crippen molar-refractivity contribution in [3.8, 4) is 0 Å². The number of rotatable bonds is 12. The van der Waals surface area contributed by atoms with E-state index in [1.807, 2.05) is 13.8 Å². The number of nitrogens with two attached hydrogens (primary N) is 1. The molecule has 2 heterocycles. The zero-order valence-corrected chi connectivity index (χ0v) is 21.1. The van der Waals surface area contributed by atoms with Crippen molar-refractivity contribution < 1.29 is 29.1 Å². The number of hydrogen-bond donors (Lipinski definition) is 6. The number of imidazole rings is 1. The highest BCUT2D eigenvalue weighted by atomic mass is 16.4. The maximum Gasteiger partial charge on any atom is 0.325 e. The Kier molecular flexibility index (Phi) is 10.4. The number of carbonyl (C=O) groups is 5. The third-order valence-electron chi connectivity index (χ3n) is 5.91. The number of carboxylic acid groups (broad SMARTS) is 1. The second-order valence-electron chi connectivity index (χ2n) is 9.58. The summed E-state index contributed by atoms with van der Waals surface area (Å²) in [6.07, 6.45) is 4.31. The van der Waals surface area contributed by atoms with Gasteiger partial charge < -0.3 is 36.7 Å². The fourth-order valence-electron chi connectivity index (χ4n) is 3.97. The fourth-order valence-corrected chi connectivity index (χ4v) is 3.97. The Labute approximate surface area is 210 Å². The van der Waals surface area contributed by atoms with E-state index in [2.05, 4.69) is 25.9 Å². The minimum Gasteiger partial charge on any atom is -0.480 e. The summed E-state index contributed by atoms with van der Waals surface area (Å²) in [5.41, 5.74) is 6.22. The number of nitrogens with zero attached hydrogens (tertiary/aromatic N) is 2. The van der Waals surface area contributed by atoms with Gasteiger partial charge in [-0.25, -0.2) is 4.98 Å². The van der Waals surface area contributed by atoms with E-state index >= 15 is 0 Å². The molecule has 13 heteroatoms. The summed E-state index contributed by atoms with van der Waals surface area (Å²) in [4.78, 5) is 71.0. The van der Waals surface area contributed by atoms with Crippen molar-refractivity contribution in [2.24, 2.45) is 11.7 Å². The summed E-state index contributed by atoms with van der Waals surface area (Å²) in [6, 6.07) is -4.72. The van der Waals surface area contributed by atoms with Crippen molar-refractivity contribution in [3.05, 3.63) is 18.2 Å². The van der Waals surface area contributed by atoms with Crippen molar-refractivity contribution in [1.29, 1.82) is 0 Å². The summed E-state index contributed by atoms with van der Waals surface area (Å²) in [5, 5.41) is 16.9. The number of aliphatic carboxylic acids is 1. The monoisotopic (exact) mass is 507 g/mol. The molecule has 0 unspecified atom stereocenters. The molecule has 0 aliphatic carbocycles. The lowest BCUT2D eigenvalue weighted by atomic mass is 10.0. The highest BCUT2D eigenvalue weighted by Crippen LogP contribution is 2.21. The number of aromatic amines is 1. The number of carboxylic acids is 1. The number of carbonyl (C=O) groups excluding carboxylic acids is 4. The van der Waals surface area contributed by atoms with Gasteiger partial charge in [-0.1, -0.05) is 13.8 Å². The van der Waals surface area contributed by atoms with Crippen molar-refractivity contribution in [3.63, 3.8) is 0 Å². The summed E-state index contributed by atoms with van der Waals surface area (Å²) >= 11 is 0. The minimum atomic E-state index is -1.22. The second kappa shape index (κ2) is 13.0. The number of nitrogens with one attached hydrogen (secondary N) is 4. The molecule has 13 nitrogen and oxygen atoms in total. The Bertz CT molecular complexity index is 933. The van der Waals surface area contributed by atoms with Crippen LogP contribution < -0.4 is 21.7 Å². The Hall–Kier alpha value is -3.48. The first-order valence-electron chi connectivity index (χ1n) is 12.1. The predicted molar refractivity (Wildman–Crippen MR) is 129 cm³/mol. The van der Waals surface area contributed by atoms with Gasteiger partial charge in [0.2, 0.25) is 23.6 Å². The van der Waals surface area contributed by atoms with E-state index in [1.165, 1.54) is 31.3 Å². The van der Waals surface area contributed by atoms with Crippen LogP contribution in [0.1, 0.15) is 52.7 Å². The zero-order valence-electron chi connectivity index (χ0n) is 21.1. The van der Waals surface area contributed by atoms with E-state index < -0.39 is 53.9 Å². The molecule has 5 atom stereocenters. The van der Waals surface area contributed by atoms with Gasteiger partial charge in [-0.3, -0.25) is 24.0 Å². The maximum absolute atomic E-state index is 13.4. The number of aromatic nitrogens is 2. The van der Waals surface area contributed by atoms with E-state index in [9.17, 15) is 24.0 Å². The summed E-state index contributed by atoms with van der Waals surface area (Å²) < 4.78 is 0. The molecule has 200 valence electrons. The largest absolute Gasteiger partial charge is 0.480 e. The van der Waals surface area contributed by atoms with Gasteiger partial charge in [0.05, 0.1) is 12.4 Å². The van der Waals surface area contributed by atoms with Crippen molar-refractivity contribution >= 4 is 29.6 Å². The zero-order chi connectivity index (χ0) is 27.0. The number of hydrogen-bond acceptors (Lipinski definition) is 7. The Balaban J connectivity index is 2.18. The van der Waals surface area contributed by atoms with Crippen LogP contribution in [-0.4, -0.2) is 86.3 Å². The van der Waals surface area contributed by atoms with Crippen LogP contribution in [0.25, 0.3) is 0 Å². The number of likely N-dealkylation sites (tertiary alicyclic amines) is 1. The lowest BCUT2D eigenvalue weighted by molar-refractivity contribution is -0.143. The molecule has 4 amide bonds. The molecule has 0 bridgehead atoms. The van der Waals surface area contributed by atoms with E-state index in [0.717, 1.165) is 0 Å². The van der Waals surface area contributed by atoms with Crippen molar-refractivity contribution in [2.75, 3.05) is 6.54 Å². The topological polar surface area (TPSA) is 200 Å². The lowest BCUT2D eigenvalue weighted by Crippen LogP contribution is -2.58. The van der Waals surface area contributed by atoms with Crippen LogP contribution in [0, 0.1) is 5.92 Å². The smallest absolute Gasteiger partial charge is 0.325 e. The first kappa shape index (κ1) is 28.8. The Morgan fingerprint density at radius 3 is 2.36 bits per heavy atom. The molecule has 0 radical (unpaired) electrons. The van der Waals surface area contributed by atoms with Gasteiger partial charge >= 0.3 is 5.97 Å². The van der Waals surface area contributed by atoms with Crippen LogP contribution in [0.4, 0.5) is 0 Å². The van der Waals surface area contributed by atoms with Crippen LogP contribution in [0.15, 0.2) is 12.5 Å². The molecule has 1 aromatic rings. The lowest BCUT2D eigenvalue weighted by Gasteiger charge is -2.30. The molecule has 1 aromatic heterocycles. The summed E-state index contributed by atoms with van der Waals surface area (Å²) in [6.45, 7) is 7.01. The molecule has 1 fully saturated rings. The van der Waals surface area contributed by atoms with E-state index in [4.69, 9.17) is 10.8 Å². The average molecular weight is 508 g/mol. The molecule has 0 spiro atoms. The molecule has 0 aromatic carbocycles. The SMILES string of the molecule is CC(C)C[C@H](NC(=O)[C@H](C)N)C(=O)N1CCC[C@H]1C(=O)N[C@@H](Cc1cnc[nH]1)C(=O)N[C@@H](C)C(=O)O. The van der Waals surface area contributed by atoms with Gasteiger partial charge in [0.1, 0.15) is 24.2 Å². The first-order chi connectivity index (χ1) is 16.9. The van der Waals surface area contributed by atoms with E-state index in [1.54, 1.807) is 0 Å². The molecule has 2 rings (SSSR count). The maximum atomic E-state index is 13.4. The van der Waals surface area contributed by atoms with Gasteiger partial charge in [0.15, 0.2) is 0 Å². The molecule has 1 saturated heterocycles. The third kappa shape index (κ3) is 8.04. The molecule has 7 N–H and O–H groups in total. The molecular formula is C23H37N7O6. The Morgan fingerprint density at radius 2 is 1.81 bits per heavy atom. The molecule has 1 aliphatic heterocycles. The van der Waals surface area contributed by atoms with Gasteiger partial charge in [-0.05, 0) is 39.0 Å². The third-order valence-corrected chi connectivity index (χ3v) is 5.91. The number of amides is 4. The summed E-state index contributed by atoms with van der Waals surface area (Å²) in [5.74, 6) is -3.17. The first-order valence-corrected chi connectivity index (χ1v) is 12.1. The summed E-state index contributed by atoms with van der Waals surface area (Å²) in [7, 11) is 0. The van der Waals surface area contributed by atoms with Gasteiger partial charge in [0.25, 0.3) is 0 Å². The molecular weight excluding hydrogens is 470 g/mol. The van der Waals surface area contributed by atoms with Gasteiger partial charge in [-0.15, -0.1) is 0 Å². The highest BCUT2D eigenvalue weighted by Gasteiger charge is 2.39. The van der Waals surface area contributed by atoms with E-state index in [-0.39, 0.29) is 18.2 Å². The highest BCUT2D eigenvalue weighted by molar-refractivity contribution is 5.95. The van der Waals surface area contributed by atoms with E-state index in [0.29, 0.717) is 31.5 Å². The quantitative estimate of drug-likeness (QED) is 0.205. The minimum absolute atomic E-state index is 0.0466. The van der Waals surface area contributed by atoms with Gasteiger partial charge in [0, 0.05) is 24.9 Å². The molecule has 0 saturated carbocycles. The standard InChI is InChI=1S/C23H37N7O6/c1-12(2)8-17(29-19(31)13(3)24)22(34)30-7-5-6-18(30)21(33)28-16(9-15-10-25-11-26-15)20(32)27-14(4)23(35)36/h10-14,16-18H,5-9,24H2,1-4H3,(H,25,26)(H,27,32)(H,28,33)(H,29,31)(H,35,36)/t13-,14-,16-,17-,18-/m0/s1.